The van der Waals surface area contributed by atoms with Gasteiger partial charge in [-0.2, -0.15) is 0 Å². The summed E-state index contributed by atoms with van der Waals surface area (Å²) in [6, 6.07) is 15.0. The van der Waals surface area contributed by atoms with Crippen LogP contribution in [-0.2, 0) is 13.0 Å². The fourth-order valence-corrected chi connectivity index (χ4v) is 2.62. The van der Waals surface area contributed by atoms with E-state index in [0.29, 0.717) is 0 Å². The molecule has 3 nitrogen and oxygen atoms in total. The molecule has 0 saturated carbocycles. The first-order chi connectivity index (χ1) is 10.3. The van der Waals surface area contributed by atoms with E-state index < -0.39 is 0 Å². The van der Waals surface area contributed by atoms with Gasteiger partial charge < -0.3 is 10.3 Å². The maximum absolute atomic E-state index is 6.08. The summed E-state index contributed by atoms with van der Waals surface area (Å²) in [5.41, 5.74) is 9.71. The van der Waals surface area contributed by atoms with Crippen molar-refractivity contribution in [3.05, 3.63) is 66.1 Å². The van der Waals surface area contributed by atoms with Crippen LogP contribution in [0.25, 0.3) is 10.9 Å². The zero-order valence-electron chi connectivity index (χ0n) is 12.4. The summed E-state index contributed by atoms with van der Waals surface area (Å²) in [7, 11) is 0. The Hall–Kier alpha value is -2.13. The molecule has 108 valence electrons. The Bertz CT molecular complexity index is 730. The van der Waals surface area contributed by atoms with Gasteiger partial charge in [-0.25, -0.2) is 0 Å². The third-order valence-corrected chi connectivity index (χ3v) is 3.94. The largest absolute Gasteiger partial charge is 0.347 e. The zero-order valence-corrected chi connectivity index (χ0v) is 12.4. The molecule has 1 atom stereocenters. The summed E-state index contributed by atoms with van der Waals surface area (Å²) in [5.74, 6) is 0. The number of hydrogen-bond acceptors (Lipinski definition) is 2. The monoisotopic (exact) mass is 279 g/mol. The summed E-state index contributed by atoms with van der Waals surface area (Å²) in [6.07, 6.45) is 5.90. The number of aromatic nitrogens is 2. The van der Waals surface area contributed by atoms with Crippen molar-refractivity contribution in [2.24, 2.45) is 5.73 Å². The Morgan fingerprint density at radius 2 is 2.10 bits per heavy atom. The van der Waals surface area contributed by atoms with Crippen LogP contribution in [0.4, 0.5) is 0 Å². The predicted octanol–water partition coefficient (Wildman–Crippen LogP) is 3.36. The molecular formula is C18H21N3. The molecule has 2 N–H and O–H groups in total. The van der Waals surface area contributed by atoms with Gasteiger partial charge in [0.1, 0.15) is 0 Å². The molecule has 21 heavy (non-hydrogen) atoms. The van der Waals surface area contributed by atoms with Gasteiger partial charge in [0.2, 0.25) is 0 Å². The summed E-state index contributed by atoms with van der Waals surface area (Å²) >= 11 is 0. The number of nitrogens with two attached hydrogens (primary N) is 1. The molecule has 3 aromatic rings. The molecule has 0 amide bonds. The van der Waals surface area contributed by atoms with E-state index in [4.69, 9.17) is 5.73 Å². The lowest BCUT2D eigenvalue weighted by Gasteiger charge is -2.13. The molecule has 3 heteroatoms. The molecule has 1 aromatic carbocycles. The average molecular weight is 279 g/mol. The van der Waals surface area contributed by atoms with E-state index in [2.05, 4.69) is 59.1 Å². The van der Waals surface area contributed by atoms with Crippen LogP contribution in [-0.4, -0.2) is 15.6 Å². The number of rotatable bonds is 5. The molecule has 0 spiro atoms. The highest BCUT2D eigenvalue weighted by Crippen LogP contribution is 2.16. The minimum Gasteiger partial charge on any atom is -0.347 e. The molecule has 3 rings (SSSR count). The molecule has 0 aliphatic rings. The van der Waals surface area contributed by atoms with Crippen LogP contribution in [0, 0.1) is 0 Å². The Labute approximate surface area is 125 Å². The van der Waals surface area contributed by atoms with Crippen LogP contribution >= 0.6 is 0 Å². The molecule has 2 aromatic heterocycles. The second-order valence-electron chi connectivity index (χ2n) is 5.53. The van der Waals surface area contributed by atoms with Crippen LogP contribution in [0.5, 0.6) is 0 Å². The van der Waals surface area contributed by atoms with Gasteiger partial charge >= 0.3 is 0 Å². The normalized spacial score (nSPS) is 12.7. The van der Waals surface area contributed by atoms with Crippen molar-refractivity contribution in [2.45, 2.75) is 32.4 Å². The fraction of sp³-hybridized carbons (Fsp3) is 0.278. The van der Waals surface area contributed by atoms with Crippen molar-refractivity contribution in [3.63, 3.8) is 0 Å². The standard InChI is InChI=1S/C18H21N3/c1-2-16(19)12-17-6-4-10-21(17)13-14-7-8-18-15(11-14)5-3-9-20-18/h3-11,16H,2,12-13,19H2,1H3. The van der Waals surface area contributed by atoms with Crippen LogP contribution < -0.4 is 5.73 Å². The van der Waals surface area contributed by atoms with Crippen molar-refractivity contribution in [2.75, 3.05) is 0 Å². The van der Waals surface area contributed by atoms with Crippen molar-refractivity contribution < 1.29 is 0 Å². The molecule has 0 aliphatic carbocycles. The summed E-state index contributed by atoms with van der Waals surface area (Å²) in [4.78, 5) is 4.36. The van der Waals surface area contributed by atoms with Crippen molar-refractivity contribution >= 4 is 10.9 Å². The molecule has 0 radical (unpaired) electrons. The summed E-state index contributed by atoms with van der Waals surface area (Å²) in [6.45, 7) is 3.01. The topological polar surface area (TPSA) is 43.8 Å². The van der Waals surface area contributed by atoms with Crippen LogP contribution in [0.15, 0.2) is 54.9 Å². The Kier molecular flexibility index (Phi) is 4.02. The summed E-state index contributed by atoms with van der Waals surface area (Å²) < 4.78 is 2.28. The van der Waals surface area contributed by atoms with Gasteiger partial charge in [0.05, 0.1) is 5.52 Å². The molecule has 2 heterocycles. The van der Waals surface area contributed by atoms with Gasteiger partial charge in [-0.15, -0.1) is 0 Å². The summed E-state index contributed by atoms with van der Waals surface area (Å²) in [5, 5.41) is 1.19. The van der Waals surface area contributed by atoms with Gasteiger partial charge in [0.15, 0.2) is 0 Å². The van der Waals surface area contributed by atoms with Crippen LogP contribution in [0.1, 0.15) is 24.6 Å². The van der Waals surface area contributed by atoms with Gasteiger partial charge in [-0.05, 0) is 42.3 Å². The Morgan fingerprint density at radius 1 is 1.19 bits per heavy atom. The third kappa shape index (κ3) is 3.14. The lowest BCUT2D eigenvalue weighted by molar-refractivity contribution is 0.610. The molecule has 0 saturated heterocycles. The van der Waals surface area contributed by atoms with Gasteiger partial charge in [0.25, 0.3) is 0 Å². The smallest absolute Gasteiger partial charge is 0.0702 e. The third-order valence-electron chi connectivity index (χ3n) is 3.94. The molecule has 0 fully saturated rings. The Balaban J connectivity index is 1.83. The first-order valence-corrected chi connectivity index (χ1v) is 7.49. The second kappa shape index (κ2) is 6.10. The van der Waals surface area contributed by atoms with Crippen LogP contribution in [0.3, 0.4) is 0 Å². The van der Waals surface area contributed by atoms with E-state index in [1.165, 1.54) is 16.6 Å². The number of benzene rings is 1. The number of nitrogens with zero attached hydrogens (tertiary/aromatic N) is 2. The fourth-order valence-electron chi connectivity index (χ4n) is 2.62. The maximum atomic E-state index is 6.08. The molecule has 1 unspecified atom stereocenters. The van der Waals surface area contributed by atoms with E-state index in [0.717, 1.165) is 24.9 Å². The van der Waals surface area contributed by atoms with Crippen molar-refractivity contribution in [1.29, 1.82) is 0 Å². The van der Waals surface area contributed by atoms with Gasteiger partial charge in [-0.3, -0.25) is 4.98 Å². The van der Waals surface area contributed by atoms with Crippen molar-refractivity contribution in [3.8, 4) is 0 Å². The molecule has 0 bridgehead atoms. The first-order valence-electron chi connectivity index (χ1n) is 7.49. The first kappa shape index (κ1) is 13.8. The van der Waals surface area contributed by atoms with E-state index in [1.807, 2.05) is 12.3 Å². The lowest BCUT2D eigenvalue weighted by Crippen LogP contribution is -2.23. The molecule has 0 aliphatic heterocycles. The quantitative estimate of drug-likeness (QED) is 0.778. The number of hydrogen-bond donors (Lipinski definition) is 1. The maximum Gasteiger partial charge on any atom is 0.0702 e. The minimum absolute atomic E-state index is 0.236. The highest BCUT2D eigenvalue weighted by atomic mass is 15.0. The Morgan fingerprint density at radius 3 is 2.95 bits per heavy atom. The highest BCUT2D eigenvalue weighted by Gasteiger charge is 2.07. The lowest BCUT2D eigenvalue weighted by atomic mass is 10.1. The SMILES string of the molecule is CCC(N)Cc1cccn1Cc1ccc2ncccc2c1. The minimum atomic E-state index is 0.236. The van der Waals surface area contributed by atoms with E-state index in [-0.39, 0.29) is 6.04 Å². The predicted molar refractivity (Wildman–Crippen MR) is 87.2 cm³/mol. The van der Waals surface area contributed by atoms with Crippen LogP contribution in [0.2, 0.25) is 0 Å². The number of pyridine rings is 1. The van der Waals surface area contributed by atoms with E-state index in [1.54, 1.807) is 0 Å². The van der Waals surface area contributed by atoms with E-state index >= 15 is 0 Å². The van der Waals surface area contributed by atoms with Crippen molar-refractivity contribution in [1.82, 2.24) is 9.55 Å². The molecular weight excluding hydrogens is 258 g/mol. The average Bonchev–Trinajstić information content (AvgIpc) is 2.94. The second-order valence-corrected chi connectivity index (χ2v) is 5.53. The van der Waals surface area contributed by atoms with Gasteiger partial charge in [0, 0.05) is 42.5 Å². The van der Waals surface area contributed by atoms with E-state index in [9.17, 15) is 0 Å². The van der Waals surface area contributed by atoms with Gasteiger partial charge in [-0.1, -0.05) is 19.1 Å². The zero-order chi connectivity index (χ0) is 14.7. The number of fused-ring (bicyclic) bond motifs is 1. The highest BCUT2D eigenvalue weighted by molar-refractivity contribution is 5.78.